The van der Waals surface area contributed by atoms with Crippen molar-refractivity contribution in [2.75, 3.05) is 21.0 Å². The Morgan fingerprint density at radius 1 is 1.12 bits per heavy atom. The van der Waals surface area contributed by atoms with Crippen LogP contribution in [0.2, 0.25) is 0 Å². The second kappa shape index (κ2) is 6.91. The predicted octanol–water partition coefficient (Wildman–Crippen LogP) is 2.20. The Morgan fingerprint density at radius 2 is 1.96 bits per heavy atom. The fourth-order valence-electron chi connectivity index (χ4n) is 2.21. The molecule has 2 aromatic carbocycles. The monoisotopic (exact) mass is 328 g/mol. The van der Waals surface area contributed by atoms with Gasteiger partial charge < -0.3 is 18.9 Å². The lowest BCUT2D eigenvalue weighted by molar-refractivity contribution is 0.0952. The van der Waals surface area contributed by atoms with E-state index < -0.39 is 0 Å². The largest absolute Gasteiger partial charge is 0.497 e. The normalized spacial score (nSPS) is 12.2. The SMILES string of the molecule is COc1ccc(C(=O)N/N=C\c2ccc3c(c2)OCO3)c(OC)c1. The molecule has 3 rings (SSSR count). The minimum atomic E-state index is -0.383. The number of carbonyl (C=O) groups is 1. The van der Waals surface area contributed by atoms with Gasteiger partial charge in [-0.2, -0.15) is 5.10 Å². The summed E-state index contributed by atoms with van der Waals surface area (Å²) in [6.07, 6.45) is 1.52. The van der Waals surface area contributed by atoms with E-state index in [-0.39, 0.29) is 12.7 Å². The number of rotatable bonds is 5. The van der Waals surface area contributed by atoms with E-state index >= 15 is 0 Å². The number of methoxy groups -OCH3 is 2. The molecule has 0 fully saturated rings. The molecule has 0 atom stereocenters. The van der Waals surface area contributed by atoms with Crippen LogP contribution in [0.1, 0.15) is 15.9 Å². The average Bonchev–Trinajstić information content (AvgIpc) is 3.08. The van der Waals surface area contributed by atoms with E-state index in [0.717, 1.165) is 5.56 Å². The molecule has 7 heteroatoms. The molecule has 1 amide bonds. The summed E-state index contributed by atoms with van der Waals surface area (Å²) in [5.74, 6) is 1.98. The van der Waals surface area contributed by atoms with Crippen molar-refractivity contribution in [3.63, 3.8) is 0 Å². The Labute approximate surface area is 138 Å². The van der Waals surface area contributed by atoms with Crippen LogP contribution in [0.15, 0.2) is 41.5 Å². The van der Waals surface area contributed by atoms with Gasteiger partial charge in [0.2, 0.25) is 6.79 Å². The first kappa shape index (κ1) is 15.7. The number of ether oxygens (including phenoxy) is 4. The van der Waals surface area contributed by atoms with E-state index in [2.05, 4.69) is 10.5 Å². The van der Waals surface area contributed by atoms with Gasteiger partial charge in [0.05, 0.1) is 26.0 Å². The molecule has 0 bridgehead atoms. The van der Waals surface area contributed by atoms with Crippen molar-refractivity contribution >= 4 is 12.1 Å². The van der Waals surface area contributed by atoms with Crippen molar-refractivity contribution in [3.8, 4) is 23.0 Å². The first-order valence-electron chi connectivity index (χ1n) is 7.16. The van der Waals surface area contributed by atoms with Crippen molar-refractivity contribution in [3.05, 3.63) is 47.5 Å². The van der Waals surface area contributed by atoms with E-state index in [4.69, 9.17) is 18.9 Å². The van der Waals surface area contributed by atoms with E-state index in [0.29, 0.717) is 28.6 Å². The molecule has 1 aliphatic rings. The molecule has 24 heavy (non-hydrogen) atoms. The van der Waals surface area contributed by atoms with Crippen molar-refractivity contribution in [2.45, 2.75) is 0 Å². The number of nitrogens with one attached hydrogen (secondary N) is 1. The zero-order valence-corrected chi connectivity index (χ0v) is 13.2. The molecule has 0 radical (unpaired) electrons. The summed E-state index contributed by atoms with van der Waals surface area (Å²) in [6, 6.07) is 10.3. The van der Waals surface area contributed by atoms with E-state index in [1.165, 1.54) is 13.3 Å². The van der Waals surface area contributed by atoms with Gasteiger partial charge in [-0.25, -0.2) is 5.43 Å². The Hall–Kier alpha value is -3.22. The van der Waals surface area contributed by atoms with Crippen LogP contribution in [0, 0.1) is 0 Å². The molecular weight excluding hydrogens is 312 g/mol. The highest BCUT2D eigenvalue weighted by Gasteiger charge is 2.14. The summed E-state index contributed by atoms with van der Waals surface area (Å²) in [6.45, 7) is 0.212. The summed E-state index contributed by atoms with van der Waals surface area (Å²) in [7, 11) is 3.03. The molecule has 124 valence electrons. The highest BCUT2D eigenvalue weighted by molar-refractivity contribution is 5.97. The third-order valence-electron chi connectivity index (χ3n) is 3.43. The van der Waals surface area contributed by atoms with Crippen molar-refractivity contribution in [1.29, 1.82) is 0 Å². The lowest BCUT2D eigenvalue weighted by atomic mass is 10.2. The number of benzene rings is 2. The van der Waals surface area contributed by atoms with Gasteiger partial charge in [0.1, 0.15) is 11.5 Å². The number of nitrogens with zero attached hydrogens (tertiary/aromatic N) is 1. The number of hydrazone groups is 1. The number of carbonyl (C=O) groups excluding carboxylic acids is 1. The van der Waals surface area contributed by atoms with Crippen LogP contribution >= 0.6 is 0 Å². The van der Waals surface area contributed by atoms with Crippen LogP contribution in [-0.2, 0) is 0 Å². The van der Waals surface area contributed by atoms with Crippen LogP contribution < -0.4 is 24.4 Å². The number of hydrogen-bond donors (Lipinski definition) is 1. The van der Waals surface area contributed by atoms with Gasteiger partial charge in [-0.3, -0.25) is 4.79 Å². The summed E-state index contributed by atoms with van der Waals surface area (Å²) in [4.78, 5) is 12.2. The Balaban J connectivity index is 1.69. The van der Waals surface area contributed by atoms with Crippen LogP contribution in [0.3, 0.4) is 0 Å². The number of amides is 1. The summed E-state index contributed by atoms with van der Waals surface area (Å²) in [5, 5.41) is 3.95. The molecule has 1 aliphatic heterocycles. The van der Waals surface area contributed by atoms with E-state index in [9.17, 15) is 4.79 Å². The van der Waals surface area contributed by atoms with Gasteiger partial charge in [0.15, 0.2) is 11.5 Å². The van der Waals surface area contributed by atoms with Gasteiger partial charge in [-0.15, -0.1) is 0 Å². The van der Waals surface area contributed by atoms with Crippen LogP contribution in [0.5, 0.6) is 23.0 Å². The fraction of sp³-hybridized carbons (Fsp3) is 0.176. The third-order valence-corrected chi connectivity index (χ3v) is 3.43. The Morgan fingerprint density at radius 3 is 2.75 bits per heavy atom. The molecule has 0 unspecified atom stereocenters. The molecule has 0 saturated carbocycles. The second-order valence-electron chi connectivity index (χ2n) is 4.88. The lowest BCUT2D eigenvalue weighted by Gasteiger charge is -2.08. The molecule has 2 aromatic rings. The molecular formula is C17H16N2O5. The highest BCUT2D eigenvalue weighted by atomic mass is 16.7. The molecule has 7 nitrogen and oxygen atoms in total. The van der Waals surface area contributed by atoms with Crippen molar-refractivity contribution in [2.24, 2.45) is 5.10 Å². The Bertz CT molecular complexity index is 789. The summed E-state index contributed by atoms with van der Waals surface area (Å²) >= 11 is 0. The zero-order valence-electron chi connectivity index (χ0n) is 13.2. The second-order valence-corrected chi connectivity index (χ2v) is 4.88. The maximum atomic E-state index is 12.2. The van der Waals surface area contributed by atoms with Gasteiger partial charge in [0.25, 0.3) is 5.91 Å². The van der Waals surface area contributed by atoms with Gasteiger partial charge in [-0.1, -0.05) is 0 Å². The fourth-order valence-corrected chi connectivity index (χ4v) is 2.21. The number of hydrogen-bond acceptors (Lipinski definition) is 6. The van der Waals surface area contributed by atoms with Crippen molar-refractivity contribution < 1.29 is 23.7 Å². The third kappa shape index (κ3) is 3.24. The molecule has 0 spiro atoms. The van der Waals surface area contributed by atoms with Gasteiger partial charge >= 0.3 is 0 Å². The lowest BCUT2D eigenvalue weighted by Crippen LogP contribution is -2.18. The Kier molecular flexibility index (Phi) is 4.51. The topological polar surface area (TPSA) is 78.4 Å². The summed E-state index contributed by atoms with van der Waals surface area (Å²) in [5.41, 5.74) is 3.61. The highest BCUT2D eigenvalue weighted by Crippen LogP contribution is 2.32. The van der Waals surface area contributed by atoms with Crippen LogP contribution in [0.4, 0.5) is 0 Å². The van der Waals surface area contributed by atoms with Gasteiger partial charge in [0, 0.05) is 6.07 Å². The van der Waals surface area contributed by atoms with E-state index in [1.807, 2.05) is 6.07 Å². The van der Waals surface area contributed by atoms with Crippen LogP contribution in [-0.4, -0.2) is 33.1 Å². The number of fused-ring (bicyclic) bond motifs is 1. The minimum absolute atomic E-state index is 0.212. The zero-order chi connectivity index (χ0) is 16.9. The molecule has 0 aliphatic carbocycles. The standard InChI is InChI=1S/C17H16N2O5/c1-21-12-4-5-13(15(8-12)22-2)17(20)19-18-9-11-3-6-14-16(7-11)24-10-23-14/h3-9H,10H2,1-2H3,(H,19,20)/b18-9-. The minimum Gasteiger partial charge on any atom is -0.497 e. The first-order chi connectivity index (χ1) is 11.7. The van der Waals surface area contributed by atoms with Crippen LogP contribution in [0.25, 0.3) is 0 Å². The maximum absolute atomic E-state index is 12.2. The maximum Gasteiger partial charge on any atom is 0.275 e. The first-order valence-corrected chi connectivity index (χ1v) is 7.16. The summed E-state index contributed by atoms with van der Waals surface area (Å²) < 4.78 is 20.8. The average molecular weight is 328 g/mol. The molecule has 0 aromatic heterocycles. The predicted molar refractivity (Wildman–Crippen MR) is 87.2 cm³/mol. The smallest absolute Gasteiger partial charge is 0.275 e. The van der Waals surface area contributed by atoms with E-state index in [1.54, 1.807) is 37.4 Å². The van der Waals surface area contributed by atoms with Crippen molar-refractivity contribution in [1.82, 2.24) is 5.43 Å². The quantitative estimate of drug-likeness (QED) is 0.672. The molecule has 0 saturated heterocycles. The van der Waals surface area contributed by atoms with Gasteiger partial charge in [-0.05, 0) is 35.9 Å². The molecule has 1 heterocycles. The molecule has 1 N–H and O–H groups in total.